The summed E-state index contributed by atoms with van der Waals surface area (Å²) in [4.78, 5) is 11.1. The molecule has 8 aromatic rings. The lowest BCUT2D eigenvalue weighted by molar-refractivity contribution is 0.306. The SMILES string of the molecule is CC(C)(C)n1cccc1.CC(C)(C)n1cccn1.CC(C)(C)n1ccnc1.CC(C)(C)n1ccnn1.CC(C)(C)n1cncn1.CC(C)(C)n1cnnc1.CC(C)(C)n1nccn1.CC(C)(C)n1ncnn1. The molecule has 0 N–H and O–H groups in total. The van der Waals surface area contributed by atoms with Crippen LogP contribution >= 0.6 is 0 Å². The van der Waals surface area contributed by atoms with Gasteiger partial charge in [-0.1, -0.05) is 5.21 Å². The first kappa shape index (κ1) is 63.3. The zero-order valence-corrected chi connectivity index (χ0v) is 48.4. The second kappa shape index (κ2) is 27.2. The summed E-state index contributed by atoms with van der Waals surface area (Å²) in [6.07, 6.45) is 28.6. The van der Waals surface area contributed by atoms with E-state index >= 15 is 0 Å². The molecule has 21 nitrogen and oxygen atoms in total. The quantitative estimate of drug-likeness (QED) is 0.139. The van der Waals surface area contributed by atoms with Gasteiger partial charge in [0.15, 0.2) is 6.33 Å². The molecule has 0 amide bonds. The fourth-order valence-corrected chi connectivity index (χ4v) is 4.81. The van der Waals surface area contributed by atoms with Gasteiger partial charge < -0.3 is 13.7 Å². The van der Waals surface area contributed by atoms with Gasteiger partial charge in [-0.25, -0.2) is 19.3 Å². The van der Waals surface area contributed by atoms with Crippen LogP contribution in [0, 0.1) is 0 Å². The summed E-state index contributed by atoms with van der Waals surface area (Å²) in [7, 11) is 0. The summed E-state index contributed by atoms with van der Waals surface area (Å²) >= 11 is 0. The van der Waals surface area contributed by atoms with Gasteiger partial charge in [0.1, 0.15) is 25.3 Å². The molecule has 0 saturated carbocycles. The molecular weight excluding hydrogens is 907 g/mol. The van der Waals surface area contributed by atoms with Crippen molar-refractivity contribution >= 4 is 0 Å². The Bertz CT molecular complexity index is 1890. The smallest absolute Gasteiger partial charge is 0.162 e. The number of imidazole rings is 1. The predicted molar refractivity (Wildman–Crippen MR) is 287 cm³/mol. The van der Waals surface area contributed by atoms with Gasteiger partial charge in [-0.05, 0) is 190 Å². The van der Waals surface area contributed by atoms with Gasteiger partial charge in [0.05, 0.1) is 52.6 Å². The highest BCUT2D eigenvalue weighted by atomic mass is 15.6. The molecule has 0 aliphatic heterocycles. The van der Waals surface area contributed by atoms with E-state index in [4.69, 9.17) is 0 Å². The van der Waals surface area contributed by atoms with E-state index in [1.165, 1.54) is 6.33 Å². The fraction of sp³-hybridized carbons (Fsp3) is 0.627. The molecule has 0 unspecified atom stereocenters. The highest BCUT2D eigenvalue weighted by molar-refractivity contribution is 4.94. The Kier molecular flexibility index (Phi) is 24.0. The van der Waals surface area contributed by atoms with Crippen LogP contribution in [0.15, 0.2) is 118 Å². The van der Waals surface area contributed by atoms with Crippen LogP contribution in [0.2, 0.25) is 0 Å². The summed E-state index contributed by atoms with van der Waals surface area (Å²) in [6.45, 7) is 50.5. The van der Waals surface area contributed by atoms with Crippen LogP contribution in [-0.2, 0) is 44.3 Å². The molecular formula is C51H91N21. The van der Waals surface area contributed by atoms with Crippen LogP contribution in [0.1, 0.15) is 166 Å². The van der Waals surface area contributed by atoms with E-state index in [2.05, 4.69) is 233 Å². The Morgan fingerprint density at radius 1 is 0.264 bits per heavy atom. The zero-order valence-electron chi connectivity index (χ0n) is 48.4. The lowest BCUT2D eigenvalue weighted by atomic mass is 10.1. The summed E-state index contributed by atoms with van der Waals surface area (Å²) in [6, 6.07) is 6.03. The molecule has 0 radical (unpaired) electrons. The molecule has 0 aromatic carbocycles. The Labute approximate surface area is 430 Å². The average molecular weight is 998 g/mol. The number of hydrogen-bond donors (Lipinski definition) is 0. The van der Waals surface area contributed by atoms with Crippen molar-refractivity contribution in [3.8, 4) is 0 Å². The zero-order chi connectivity index (χ0) is 55.2. The topological polar surface area (TPSA) is 207 Å². The van der Waals surface area contributed by atoms with E-state index in [1.54, 1.807) is 65.9 Å². The van der Waals surface area contributed by atoms with Crippen LogP contribution in [0.5, 0.6) is 0 Å². The van der Waals surface area contributed by atoms with Crippen molar-refractivity contribution < 1.29 is 0 Å². The highest BCUT2D eigenvalue weighted by Crippen LogP contribution is 2.15. The van der Waals surface area contributed by atoms with Crippen molar-refractivity contribution in [2.75, 3.05) is 0 Å². The molecule has 0 fully saturated rings. The van der Waals surface area contributed by atoms with Gasteiger partial charge >= 0.3 is 0 Å². The van der Waals surface area contributed by atoms with E-state index in [9.17, 15) is 0 Å². The summed E-state index contributed by atoms with van der Waals surface area (Å²) in [5, 5.41) is 42.3. The minimum atomic E-state index is -0.0451. The van der Waals surface area contributed by atoms with Crippen LogP contribution in [-0.4, -0.2) is 104 Å². The lowest BCUT2D eigenvalue weighted by Gasteiger charge is -2.20. The van der Waals surface area contributed by atoms with Gasteiger partial charge in [-0.3, -0.25) is 4.68 Å². The van der Waals surface area contributed by atoms with Gasteiger partial charge in [0.25, 0.3) is 0 Å². The second-order valence-electron chi connectivity index (χ2n) is 24.5. The van der Waals surface area contributed by atoms with Crippen molar-refractivity contribution in [3.05, 3.63) is 118 Å². The van der Waals surface area contributed by atoms with Crippen LogP contribution in [0.25, 0.3) is 0 Å². The Hall–Kier alpha value is -6.67. The van der Waals surface area contributed by atoms with Gasteiger partial charge in [0.2, 0.25) is 0 Å². The van der Waals surface area contributed by atoms with Crippen molar-refractivity contribution in [2.24, 2.45) is 0 Å². The normalized spacial score (nSPS) is 11.9. The Morgan fingerprint density at radius 2 is 0.778 bits per heavy atom. The maximum atomic E-state index is 4.10. The first-order valence-corrected chi connectivity index (χ1v) is 24.1. The molecule has 8 aromatic heterocycles. The third-order valence-corrected chi connectivity index (χ3v) is 9.23. The van der Waals surface area contributed by atoms with Crippen molar-refractivity contribution in [1.82, 2.24) is 104 Å². The van der Waals surface area contributed by atoms with E-state index in [-0.39, 0.29) is 44.3 Å². The fourth-order valence-electron chi connectivity index (χ4n) is 4.81. The molecule has 0 aliphatic carbocycles. The van der Waals surface area contributed by atoms with E-state index in [0.717, 1.165) is 0 Å². The van der Waals surface area contributed by atoms with Crippen molar-refractivity contribution in [1.29, 1.82) is 0 Å². The summed E-state index contributed by atoms with van der Waals surface area (Å²) in [5.74, 6) is 0. The standard InChI is InChI=1S/C8H13N.2C7H12N2.4C6H11N3.C5H10N4/c1-8(2,3)9-6-4-5-7-9;1-7(2,3)9-5-4-8-6-9;1-7(2,3)9-6-4-5-8-9;1-6(2,3)9-4-7-8-5-9;1-6(2,3)9-5-7-4-8-9;1-6(2,3)9-5-4-7-8-9;1-6(2,3)9-7-4-5-8-9;1-5(2,3)9-7-4-6-8-9/h4-7H,1-3H3;2*4-6H,1-3H3;4*4-5H,1-3H3;4H,1-3H3. The van der Waals surface area contributed by atoms with Crippen LogP contribution in [0.3, 0.4) is 0 Å². The molecule has 8 heterocycles. The van der Waals surface area contributed by atoms with Crippen molar-refractivity contribution in [3.63, 3.8) is 0 Å². The summed E-state index contributed by atoms with van der Waals surface area (Å²) in [5.41, 5.74) is 0.764. The molecule has 0 bridgehead atoms. The van der Waals surface area contributed by atoms with Crippen molar-refractivity contribution in [2.45, 2.75) is 210 Å². The molecule has 0 aliphatic rings. The minimum Gasteiger partial charge on any atom is -0.349 e. The van der Waals surface area contributed by atoms with E-state index in [1.807, 2.05) is 82.5 Å². The van der Waals surface area contributed by atoms with Gasteiger partial charge in [-0.2, -0.15) is 30.0 Å². The average Bonchev–Trinajstić information content (AvgIpc) is 4.13. The highest BCUT2D eigenvalue weighted by Gasteiger charge is 2.16. The maximum Gasteiger partial charge on any atom is 0.162 e. The predicted octanol–water partition coefficient (Wildman–Crippen LogP) is 10.1. The van der Waals surface area contributed by atoms with Crippen LogP contribution < -0.4 is 0 Å². The van der Waals surface area contributed by atoms with Gasteiger partial charge in [0, 0.05) is 60.0 Å². The summed E-state index contributed by atoms with van der Waals surface area (Å²) < 4.78 is 11.8. The first-order chi connectivity index (χ1) is 32.8. The molecule has 72 heavy (non-hydrogen) atoms. The molecule has 8 rings (SSSR count). The first-order valence-electron chi connectivity index (χ1n) is 24.1. The number of tetrazole rings is 1. The molecule has 400 valence electrons. The lowest BCUT2D eigenvalue weighted by Crippen LogP contribution is -2.24. The molecule has 0 spiro atoms. The molecule has 0 saturated heterocycles. The third kappa shape index (κ3) is 26.0. The third-order valence-electron chi connectivity index (χ3n) is 9.23. The number of aromatic nitrogens is 21. The maximum absolute atomic E-state index is 4.10. The van der Waals surface area contributed by atoms with Crippen LogP contribution in [0.4, 0.5) is 0 Å². The minimum absolute atomic E-state index is 0.0174. The number of nitrogens with zero attached hydrogens (tertiary/aromatic N) is 21. The Balaban J connectivity index is 0.000000411. The number of hydrogen-bond acceptors (Lipinski definition) is 13. The van der Waals surface area contributed by atoms with E-state index < -0.39 is 0 Å². The molecule has 0 atom stereocenters. The van der Waals surface area contributed by atoms with E-state index in [0.29, 0.717) is 0 Å². The molecule has 21 heteroatoms. The largest absolute Gasteiger partial charge is 0.349 e. The number of rotatable bonds is 0. The second-order valence-corrected chi connectivity index (χ2v) is 24.5. The monoisotopic (exact) mass is 998 g/mol. The van der Waals surface area contributed by atoms with Gasteiger partial charge in [-0.15, -0.1) is 25.5 Å². The Morgan fingerprint density at radius 3 is 1.00 bits per heavy atom.